The molecular weight excluding hydrogens is 400 g/mol. The molecule has 1 atom stereocenters. The Morgan fingerprint density at radius 3 is 2.03 bits per heavy atom. The number of anilines is 1. The van der Waals surface area contributed by atoms with Crippen LogP contribution in [0.1, 0.15) is 52.0 Å². The number of rotatable bonds is 5. The highest BCUT2D eigenvalue weighted by atomic mass is 32.2. The topological polar surface area (TPSA) is 59.1 Å². The van der Waals surface area contributed by atoms with E-state index in [2.05, 4.69) is 29.2 Å². The summed E-state index contributed by atoms with van der Waals surface area (Å²) in [5.74, 6) is 1.45. The van der Waals surface area contributed by atoms with Crippen molar-refractivity contribution in [1.82, 2.24) is 4.90 Å². The second-order valence-corrected chi connectivity index (χ2v) is 10.5. The molecule has 0 aromatic heterocycles. The molecule has 168 valence electrons. The fraction of sp³-hybridized carbons (Fsp3) is 0.696. The number of carbonyl (C=O) groups excluding carboxylic acids is 1. The second-order valence-electron chi connectivity index (χ2n) is 9.46. The minimum atomic E-state index is -1.23. The summed E-state index contributed by atoms with van der Waals surface area (Å²) in [6.07, 6.45) is 5.94. The lowest BCUT2D eigenvalue weighted by atomic mass is 9.79. The summed E-state index contributed by atoms with van der Waals surface area (Å²) < 4.78 is 21.7. The standard InChI is InChI=1S/C23H36N2O4S/c1-23(2,3)29-22(26)25-15-11-20(12-16-25)19-9-13-24(14-10-19)21-7-5-18(6-8-21)17-28-30(4)27/h5-8,19-20H,9-17H2,1-4H3. The summed E-state index contributed by atoms with van der Waals surface area (Å²) in [7, 11) is 0. The number of hydrogen-bond acceptors (Lipinski definition) is 5. The molecule has 2 aliphatic rings. The first-order valence-corrected chi connectivity index (χ1v) is 12.5. The van der Waals surface area contributed by atoms with E-state index in [-0.39, 0.29) is 6.09 Å². The highest BCUT2D eigenvalue weighted by molar-refractivity contribution is 7.79. The van der Waals surface area contributed by atoms with Crippen LogP contribution < -0.4 is 4.90 Å². The number of piperidine rings is 2. The third-order valence-corrected chi connectivity index (χ3v) is 6.54. The molecule has 2 fully saturated rings. The van der Waals surface area contributed by atoms with Gasteiger partial charge in [0, 0.05) is 38.1 Å². The van der Waals surface area contributed by atoms with Gasteiger partial charge < -0.3 is 14.5 Å². The van der Waals surface area contributed by atoms with Gasteiger partial charge in [0.25, 0.3) is 0 Å². The third-order valence-electron chi connectivity index (χ3n) is 6.09. The van der Waals surface area contributed by atoms with Crippen molar-refractivity contribution < 1.29 is 17.9 Å². The van der Waals surface area contributed by atoms with Crippen LogP contribution in [-0.4, -0.2) is 53.2 Å². The van der Waals surface area contributed by atoms with Gasteiger partial charge in [0.2, 0.25) is 0 Å². The maximum absolute atomic E-state index is 12.3. The Labute approximate surface area is 183 Å². The molecule has 0 aliphatic carbocycles. The largest absolute Gasteiger partial charge is 0.444 e. The number of nitrogens with zero attached hydrogens (tertiary/aromatic N) is 2. The van der Waals surface area contributed by atoms with E-state index in [1.165, 1.54) is 18.5 Å². The Morgan fingerprint density at radius 2 is 1.53 bits per heavy atom. The summed E-state index contributed by atoms with van der Waals surface area (Å²) in [6.45, 7) is 9.91. The Balaban J connectivity index is 1.43. The van der Waals surface area contributed by atoms with E-state index in [0.29, 0.717) is 12.5 Å². The molecule has 2 saturated heterocycles. The van der Waals surface area contributed by atoms with Crippen LogP contribution in [0.25, 0.3) is 0 Å². The first-order valence-electron chi connectivity index (χ1n) is 11.0. The van der Waals surface area contributed by atoms with E-state index in [0.717, 1.165) is 50.5 Å². The van der Waals surface area contributed by atoms with Gasteiger partial charge in [-0.15, -0.1) is 0 Å². The predicted molar refractivity (Wildman–Crippen MR) is 121 cm³/mol. The number of ether oxygens (including phenoxy) is 1. The molecule has 1 aromatic carbocycles. The smallest absolute Gasteiger partial charge is 0.410 e. The van der Waals surface area contributed by atoms with Gasteiger partial charge in [-0.05, 0) is 76.0 Å². The first kappa shape index (κ1) is 23.1. The summed E-state index contributed by atoms with van der Waals surface area (Å²) in [5, 5.41) is 0. The zero-order valence-corrected chi connectivity index (χ0v) is 19.6. The average Bonchev–Trinajstić information content (AvgIpc) is 2.72. The molecule has 0 bridgehead atoms. The predicted octanol–water partition coefficient (Wildman–Crippen LogP) is 4.36. The zero-order valence-electron chi connectivity index (χ0n) is 18.8. The molecular formula is C23H36N2O4S. The average molecular weight is 437 g/mol. The van der Waals surface area contributed by atoms with Crippen molar-refractivity contribution >= 4 is 22.9 Å². The van der Waals surface area contributed by atoms with Crippen LogP contribution in [0.5, 0.6) is 0 Å². The summed E-state index contributed by atoms with van der Waals surface area (Å²) in [6, 6.07) is 8.38. The Morgan fingerprint density at radius 1 is 1.00 bits per heavy atom. The van der Waals surface area contributed by atoms with E-state index >= 15 is 0 Å². The quantitative estimate of drug-likeness (QED) is 0.686. The Kier molecular flexibility index (Phi) is 7.80. The van der Waals surface area contributed by atoms with Crippen LogP contribution in [0.3, 0.4) is 0 Å². The molecule has 2 heterocycles. The minimum absolute atomic E-state index is 0.171. The number of amides is 1. The van der Waals surface area contributed by atoms with Crippen molar-refractivity contribution in [3.05, 3.63) is 29.8 Å². The molecule has 0 saturated carbocycles. The molecule has 1 unspecified atom stereocenters. The van der Waals surface area contributed by atoms with Gasteiger partial charge in [-0.25, -0.2) is 9.00 Å². The molecule has 1 aromatic rings. The van der Waals surface area contributed by atoms with Gasteiger partial charge in [-0.1, -0.05) is 12.1 Å². The van der Waals surface area contributed by atoms with Crippen LogP contribution in [0.15, 0.2) is 24.3 Å². The fourth-order valence-electron chi connectivity index (χ4n) is 4.46. The van der Waals surface area contributed by atoms with Crippen LogP contribution in [-0.2, 0) is 26.6 Å². The Bertz CT molecular complexity index is 716. The number of likely N-dealkylation sites (tertiary alicyclic amines) is 1. The maximum atomic E-state index is 12.3. The lowest BCUT2D eigenvalue weighted by Crippen LogP contribution is -2.44. The van der Waals surface area contributed by atoms with E-state index in [9.17, 15) is 9.00 Å². The number of hydrogen-bond donors (Lipinski definition) is 0. The van der Waals surface area contributed by atoms with Crippen molar-refractivity contribution in [3.8, 4) is 0 Å². The van der Waals surface area contributed by atoms with Crippen molar-refractivity contribution in [3.63, 3.8) is 0 Å². The molecule has 6 nitrogen and oxygen atoms in total. The van der Waals surface area contributed by atoms with Crippen molar-refractivity contribution in [2.24, 2.45) is 11.8 Å². The van der Waals surface area contributed by atoms with Crippen LogP contribution >= 0.6 is 0 Å². The van der Waals surface area contributed by atoms with Gasteiger partial charge in [0.1, 0.15) is 5.60 Å². The van der Waals surface area contributed by atoms with Gasteiger partial charge in [0.05, 0.1) is 6.61 Å². The van der Waals surface area contributed by atoms with E-state index < -0.39 is 16.7 Å². The maximum Gasteiger partial charge on any atom is 0.410 e. The van der Waals surface area contributed by atoms with Crippen LogP contribution in [0, 0.1) is 11.8 Å². The molecule has 30 heavy (non-hydrogen) atoms. The van der Waals surface area contributed by atoms with Crippen molar-refractivity contribution in [2.45, 2.75) is 58.7 Å². The van der Waals surface area contributed by atoms with Crippen LogP contribution in [0.4, 0.5) is 10.5 Å². The molecule has 2 aliphatic heterocycles. The second kappa shape index (κ2) is 10.1. The normalized spacial score (nSPS) is 20.3. The van der Waals surface area contributed by atoms with Crippen molar-refractivity contribution in [2.75, 3.05) is 37.3 Å². The molecule has 0 radical (unpaired) electrons. The molecule has 7 heteroatoms. The third kappa shape index (κ3) is 6.71. The molecule has 1 amide bonds. The lowest BCUT2D eigenvalue weighted by Gasteiger charge is -2.41. The lowest BCUT2D eigenvalue weighted by molar-refractivity contribution is 0.0152. The number of carbonyl (C=O) groups is 1. The highest BCUT2D eigenvalue weighted by Crippen LogP contribution is 2.34. The van der Waals surface area contributed by atoms with Gasteiger partial charge in [-0.2, -0.15) is 0 Å². The number of benzene rings is 1. The first-order chi connectivity index (χ1) is 14.2. The van der Waals surface area contributed by atoms with Crippen molar-refractivity contribution in [1.29, 1.82) is 0 Å². The summed E-state index contributed by atoms with van der Waals surface area (Å²) >= 11 is -1.23. The SMILES string of the molecule is CS(=O)OCc1ccc(N2CCC(C3CCN(C(=O)OC(C)(C)C)CC3)CC2)cc1. The van der Waals surface area contributed by atoms with E-state index in [1.54, 1.807) is 6.26 Å². The summed E-state index contributed by atoms with van der Waals surface area (Å²) in [4.78, 5) is 16.6. The fourth-order valence-corrected chi connectivity index (χ4v) is 4.77. The zero-order chi connectivity index (χ0) is 21.7. The van der Waals surface area contributed by atoms with Gasteiger partial charge >= 0.3 is 6.09 Å². The van der Waals surface area contributed by atoms with Gasteiger partial charge in [-0.3, -0.25) is 4.18 Å². The molecule has 3 rings (SSSR count). The van der Waals surface area contributed by atoms with E-state index in [1.807, 2.05) is 25.7 Å². The molecule has 0 N–H and O–H groups in total. The molecule has 0 spiro atoms. The monoisotopic (exact) mass is 436 g/mol. The minimum Gasteiger partial charge on any atom is -0.444 e. The summed E-state index contributed by atoms with van der Waals surface area (Å²) in [5.41, 5.74) is 1.86. The Hall–Kier alpha value is -1.60. The van der Waals surface area contributed by atoms with Crippen LogP contribution in [0.2, 0.25) is 0 Å². The van der Waals surface area contributed by atoms with E-state index in [4.69, 9.17) is 8.92 Å². The highest BCUT2D eigenvalue weighted by Gasteiger charge is 2.32. The van der Waals surface area contributed by atoms with Gasteiger partial charge in [0.15, 0.2) is 11.1 Å².